The number of β-lactam (4-membered cyclic amide) rings is 1. The summed E-state index contributed by atoms with van der Waals surface area (Å²) in [7, 11) is 0. The highest BCUT2D eigenvalue weighted by Crippen LogP contribution is 2.50. The minimum atomic E-state index is -1.23. The van der Waals surface area contributed by atoms with Gasteiger partial charge in [-0.3, -0.25) is 9.59 Å². The molecule has 4 atom stereocenters. The van der Waals surface area contributed by atoms with Crippen LogP contribution in [0.4, 0.5) is 0 Å². The van der Waals surface area contributed by atoms with Gasteiger partial charge in [-0.25, -0.2) is 14.4 Å². The van der Waals surface area contributed by atoms with E-state index in [-0.39, 0.29) is 34.8 Å². The largest absolute Gasteiger partial charge is 0.480 e. The molecule has 2 aliphatic rings. The van der Waals surface area contributed by atoms with E-state index in [1.54, 1.807) is 38.1 Å². The monoisotopic (exact) mass is 551 g/mol. The summed E-state index contributed by atoms with van der Waals surface area (Å²) >= 11 is 1.38. The van der Waals surface area contributed by atoms with Crippen molar-refractivity contribution in [2.45, 2.75) is 42.1 Å². The third kappa shape index (κ3) is 6.04. The van der Waals surface area contributed by atoms with Crippen LogP contribution < -0.4 is 11.1 Å². The molecule has 2 saturated heterocycles. The molecule has 13 heteroatoms. The Morgan fingerprint density at radius 2 is 1.43 bits per heavy atom. The van der Waals surface area contributed by atoms with Crippen molar-refractivity contribution in [3.63, 3.8) is 0 Å². The summed E-state index contributed by atoms with van der Waals surface area (Å²) in [5.41, 5.74) is 6.21. The third-order valence-electron chi connectivity index (χ3n) is 5.80. The predicted octanol–water partition coefficient (Wildman–Crippen LogP) is 1.82. The Labute approximate surface area is 222 Å². The van der Waals surface area contributed by atoms with Crippen LogP contribution in [0.1, 0.15) is 46.2 Å². The number of carboxylic acids is 3. The van der Waals surface area contributed by atoms with E-state index in [0.29, 0.717) is 5.56 Å². The highest BCUT2D eigenvalue weighted by Gasteiger charge is 2.64. The number of thioether (sulfide) groups is 1. The molecule has 2 fully saturated rings. The lowest BCUT2D eigenvalue weighted by molar-refractivity contribution is -0.161. The van der Waals surface area contributed by atoms with Crippen LogP contribution in [0.3, 0.4) is 0 Å². The van der Waals surface area contributed by atoms with E-state index in [4.69, 9.17) is 15.9 Å². The number of nitrogens with one attached hydrogen (secondary N) is 1. The second-order valence-corrected chi connectivity index (χ2v) is 10.4. The number of amides is 2. The van der Waals surface area contributed by atoms with Crippen molar-refractivity contribution in [3.8, 4) is 0 Å². The van der Waals surface area contributed by atoms with Gasteiger partial charge in [0.15, 0.2) is 0 Å². The number of fused-ring (bicyclic) bond motifs is 1. The lowest BCUT2D eigenvalue weighted by Crippen LogP contribution is -2.71. The summed E-state index contributed by atoms with van der Waals surface area (Å²) in [4.78, 5) is 58.4. The number of hydrogen-bond acceptors (Lipinski definition) is 7. The molecule has 6 N–H and O–H groups in total. The van der Waals surface area contributed by atoms with Crippen LogP contribution in [0.2, 0.25) is 0 Å². The molecule has 1 unspecified atom stereocenters. The van der Waals surface area contributed by atoms with Gasteiger partial charge in [0.1, 0.15) is 23.5 Å². The van der Waals surface area contributed by atoms with Crippen LogP contribution in [-0.4, -0.2) is 72.1 Å². The van der Waals surface area contributed by atoms with Crippen molar-refractivity contribution in [1.29, 1.82) is 0 Å². The minimum absolute atomic E-state index is 0. The lowest BCUT2D eigenvalue weighted by Gasteiger charge is -2.43. The molecule has 198 valence electrons. The average Bonchev–Trinajstić information content (AvgIpc) is 3.10. The van der Waals surface area contributed by atoms with E-state index in [9.17, 15) is 29.1 Å². The van der Waals surface area contributed by atoms with Crippen molar-refractivity contribution in [1.82, 2.24) is 10.2 Å². The van der Waals surface area contributed by atoms with Gasteiger partial charge in [-0.05, 0) is 31.5 Å². The van der Waals surface area contributed by atoms with Gasteiger partial charge in [0, 0.05) is 4.75 Å². The average molecular weight is 552 g/mol. The highest BCUT2D eigenvalue weighted by atomic mass is 35.5. The Bertz CT molecular complexity index is 1180. The maximum absolute atomic E-state index is 12.3. The first-order valence-electron chi connectivity index (χ1n) is 10.8. The van der Waals surface area contributed by atoms with Crippen LogP contribution >= 0.6 is 24.2 Å². The summed E-state index contributed by atoms with van der Waals surface area (Å²) in [5, 5.41) is 28.8. The van der Waals surface area contributed by atoms with Gasteiger partial charge >= 0.3 is 17.9 Å². The Morgan fingerprint density at radius 3 is 1.89 bits per heavy atom. The molecule has 0 spiro atoms. The van der Waals surface area contributed by atoms with Crippen molar-refractivity contribution in [2.24, 2.45) is 5.73 Å². The van der Waals surface area contributed by atoms with Crippen LogP contribution in [0.25, 0.3) is 0 Å². The van der Waals surface area contributed by atoms with Crippen LogP contribution in [0.15, 0.2) is 54.6 Å². The minimum Gasteiger partial charge on any atom is -0.480 e. The van der Waals surface area contributed by atoms with E-state index in [1.165, 1.54) is 40.9 Å². The first kappa shape index (κ1) is 29.6. The van der Waals surface area contributed by atoms with Crippen LogP contribution in [0, 0.1) is 0 Å². The quantitative estimate of drug-likeness (QED) is 0.331. The number of benzene rings is 2. The molecular weight excluding hydrogens is 526 g/mol. The maximum Gasteiger partial charge on any atom is 0.336 e. The molecule has 4 rings (SSSR count). The Hall–Kier alpha value is -3.61. The topological polar surface area (TPSA) is 187 Å². The van der Waals surface area contributed by atoms with E-state index in [2.05, 4.69) is 5.32 Å². The molecule has 11 nitrogen and oxygen atoms in total. The van der Waals surface area contributed by atoms with Gasteiger partial charge in [-0.1, -0.05) is 42.5 Å². The molecule has 2 aromatic rings. The number of rotatable bonds is 6. The Balaban J connectivity index is 0.000000314. The molecule has 0 aromatic heterocycles. The summed E-state index contributed by atoms with van der Waals surface area (Å²) in [6.07, 6.45) is 0. The number of hydrogen-bond donors (Lipinski definition) is 5. The normalized spacial score (nSPS) is 21.6. The fourth-order valence-electron chi connectivity index (χ4n) is 4.06. The van der Waals surface area contributed by atoms with Crippen molar-refractivity contribution in [2.75, 3.05) is 0 Å². The fraction of sp³-hybridized carbons (Fsp3) is 0.292. The zero-order chi connectivity index (χ0) is 26.8. The number of nitrogens with two attached hydrogens (primary N) is 1. The van der Waals surface area contributed by atoms with E-state index in [0.717, 1.165) is 0 Å². The standard InChI is InChI=1S/C16H19N3O4S.C8H6O4.ClH/c1-16(2)11(15(22)23)19-13(21)10(14(19)24-16)18-12(20)9(17)8-6-4-3-5-7-8;9-7(10)5-3-1-2-4-6(5)8(11)12;/h3-7,9-11,14H,17H2,1-2H3,(H,18,20)(H,22,23);1-4H,(H,9,10)(H,11,12);1H/t9?,10-,11+,14-;;/m1../s1. The Morgan fingerprint density at radius 1 is 0.946 bits per heavy atom. The van der Waals surface area contributed by atoms with Crippen molar-refractivity contribution >= 4 is 53.9 Å². The fourth-order valence-corrected chi connectivity index (χ4v) is 5.68. The number of carboxylic acid groups (broad SMARTS) is 3. The van der Waals surface area contributed by atoms with Gasteiger partial charge in [-0.15, -0.1) is 24.2 Å². The zero-order valence-corrected chi connectivity index (χ0v) is 21.4. The van der Waals surface area contributed by atoms with E-state index in [1.807, 2.05) is 6.07 Å². The van der Waals surface area contributed by atoms with Gasteiger partial charge in [0.25, 0.3) is 0 Å². The first-order chi connectivity index (χ1) is 16.9. The molecule has 2 heterocycles. The zero-order valence-electron chi connectivity index (χ0n) is 19.7. The summed E-state index contributed by atoms with van der Waals surface area (Å²) in [6, 6.07) is 11.9. The summed E-state index contributed by atoms with van der Waals surface area (Å²) < 4.78 is -0.618. The second kappa shape index (κ2) is 11.6. The molecule has 0 aliphatic carbocycles. The van der Waals surface area contributed by atoms with Crippen molar-refractivity contribution < 1.29 is 39.3 Å². The van der Waals surface area contributed by atoms with Gasteiger partial charge in [0.05, 0.1) is 11.1 Å². The van der Waals surface area contributed by atoms with E-state index < -0.39 is 46.7 Å². The van der Waals surface area contributed by atoms with E-state index >= 15 is 0 Å². The number of aliphatic carboxylic acids is 1. The van der Waals surface area contributed by atoms with Crippen LogP contribution in [0.5, 0.6) is 0 Å². The van der Waals surface area contributed by atoms with Crippen molar-refractivity contribution in [3.05, 3.63) is 71.3 Å². The molecular formula is C24H26ClN3O8S. The number of nitrogens with zero attached hydrogens (tertiary/aromatic N) is 1. The molecule has 37 heavy (non-hydrogen) atoms. The molecule has 2 amide bonds. The number of aromatic carboxylic acids is 2. The van der Waals surface area contributed by atoms with Crippen LogP contribution in [-0.2, 0) is 14.4 Å². The Kier molecular flexibility index (Phi) is 9.31. The molecule has 0 radical (unpaired) electrons. The maximum atomic E-state index is 12.3. The number of carbonyl (C=O) groups excluding carboxylic acids is 2. The highest BCUT2D eigenvalue weighted by molar-refractivity contribution is 8.01. The smallest absolute Gasteiger partial charge is 0.336 e. The molecule has 0 saturated carbocycles. The number of carbonyl (C=O) groups is 5. The molecule has 2 aliphatic heterocycles. The molecule has 2 aromatic carbocycles. The second-order valence-electron chi connectivity index (χ2n) is 8.63. The first-order valence-corrected chi connectivity index (χ1v) is 11.6. The molecule has 0 bridgehead atoms. The summed E-state index contributed by atoms with van der Waals surface area (Å²) in [5.74, 6) is -4.31. The summed E-state index contributed by atoms with van der Waals surface area (Å²) in [6.45, 7) is 3.58. The number of halogens is 1. The van der Waals surface area contributed by atoms with Gasteiger partial charge in [-0.2, -0.15) is 0 Å². The third-order valence-corrected chi connectivity index (χ3v) is 7.37. The van der Waals surface area contributed by atoms with Gasteiger partial charge in [0.2, 0.25) is 11.8 Å². The predicted molar refractivity (Wildman–Crippen MR) is 137 cm³/mol. The SMILES string of the molecule is CC1(C)S[C@@H]2[C@H](NC(=O)C(N)c3ccccc3)C(=O)N2[C@H]1C(=O)O.Cl.O=C(O)c1ccccc1C(=O)O. The van der Waals surface area contributed by atoms with Gasteiger partial charge < -0.3 is 31.3 Å². The lowest BCUT2D eigenvalue weighted by atomic mass is 9.95.